The summed E-state index contributed by atoms with van der Waals surface area (Å²) in [6.07, 6.45) is 0. The molecular weight excluding hydrogens is 583 g/mol. The highest BCUT2D eigenvalue weighted by molar-refractivity contribution is 7.26. The highest BCUT2D eigenvalue weighted by Crippen LogP contribution is 2.51. The minimum atomic E-state index is 0.867. The van der Waals surface area contributed by atoms with E-state index >= 15 is 0 Å². The molecule has 0 aliphatic rings. The fourth-order valence-corrected chi connectivity index (χ4v) is 8.21. The van der Waals surface area contributed by atoms with Gasteiger partial charge >= 0.3 is 0 Å². The Balaban J connectivity index is 1.35. The lowest BCUT2D eigenvalue weighted by atomic mass is 10.0. The van der Waals surface area contributed by atoms with Crippen LogP contribution in [0.15, 0.2) is 160 Å². The van der Waals surface area contributed by atoms with Crippen LogP contribution in [0.2, 0.25) is 0 Å². The first-order chi connectivity index (χ1) is 22.8. The van der Waals surface area contributed by atoms with Gasteiger partial charge in [0.25, 0.3) is 0 Å². The van der Waals surface area contributed by atoms with E-state index in [-0.39, 0.29) is 0 Å². The van der Waals surface area contributed by atoms with Gasteiger partial charge in [-0.25, -0.2) is 0 Å². The maximum absolute atomic E-state index is 6.60. The lowest BCUT2D eigenvalue weighted by Gasteiger charge is -2.27. The first kappa shape index (κ1) is 25.5. The fourth-order valence-electron chi connectivity index (χ4n) is 7.01. The lowest BCUT2D eigenvalue weighted by Crippen LogP contribution is -2.11. The minimum Gasteiger partial charge on any atom is -0.456 e. The van der Waals surface area contributed by atoms with Crippen molar-refractivity contribution < 1.29 is 8.83 Å². The summed E-state index contributed by atoms with van der Waals surface area (Å²) in [6, 6.07) is 53.5. The third kappa shape index (κ3) is 3.71. The molecule has 3 aromatic heterocycles. The molecule has 10 rings (SSSR count). The molecule has 0 aliphatic heterocycles. The number of anilines is 3. The van der Waals surface area contributed by atoms with E-state index in [1.807, 2.05) is 18.2 Å². The van der Waals surface area contributed by atoms with Crippen molar-refractivity contribution in [1.29, 1.82) is 0 Å². The topological polar surface area (TPSA) is 29.5 Å². The number of nitrogens with zero attached hydrogens (tertiary/aromatic N) is 1. The molecule has 3 heterocycles. The Kier molecular flexibility index (Phi) is 5.45. The van der Waals surface area contributed by atoms with Gasteiger partial charge in [-0.3, -0.25) is 0 Å². The Hall–Kier alpha value is -5.84. The molecule has 4 heteroatoms. The summed E-state index contributed by atoms with van der Waals surface area (Å²) in [5, 5.41) is 6.82. The maximum Gasteiger partial charge on any atom is 0.153 e. The Bertz CT molecular complexity index is 2750. The summed E-state index contributed by atoms with van der Waals surface area (Å²) in [6.45, 7) is 0. The van der Waals surface area contributed by atoms with Crippen LogP contribution >= 0.6 is 11.3 Å². The van der Waals surface area contributed by atoms with E-state index in [1.165, 1.54) is 26.6 Å². The van der Waals surface area contributed by atoms with E-state index in [0.29, 0.717) is 0 Å². The highest BCUT2D eigenvalue weighted by atomic mass is 32.1. The first-order valence-electron chi connectivity index (χ1n) is 15.4. The Morgan fingerprint density at radius 3 is 1.91 bits per heavy atom. The largest absolute Gasteiger partial charge is 0.456 e. The van der Waals surface area contributed by atoms with E-state index in [1.54, 1.807) is 11.3 Å². The molecule has 7 aromatic carbocycles. The number of benzene rings is 7. The molecule has 0 saturated heterocycles. The summed E-state index contributed by atoms with van der Waals surface area (Å²) in [5.41, 5.74) is 9.21. The van der Waals surface area contributed by atoms with Crippen LogP contribution in [0.1, 0.15) is 0 Å². The molecule has 0 atom stereocenters. The molecular formula is C42H25NO2S. The van der Waals surface area contributed by atoms with Crippen molar-refractivity contribution in [1.82, 2.24) is 0 Å². The van der Waals surface area contributed by atoms with Gasteiger partial charge in [0.15, 0.2) is 5.58 Å². The van der Waals surface area contributed by atoms with Crippen LogP contribution in [0.5, 0.6) is 0 Å². The van der Waals surface area contributed by atoms with Crippen molar-refractivity contribution in [3.63, 3.8) is 0 Å². The van der Waals surface area contributed by atoms with Crippen molar-refractivity contribution in [3.05, 3.63) is 152 Å². The van der Waals surface area contributed by atoms with Crippen molar-refractivity contribution in [2.24, 2.45) is 0 Å². The van der Waals surface area contributed by atoms with Gasteiger partial charge in [0.2, 0.25) is 0 Å². The van der Waals surface area contributed by atoms with Gasteiger partial charge < -0.3 is 13.7 Å². The van der Waals surface area contributed by atoms with Crippen LogP contribution in [0.4, 0.5) is 17.1 Å². The average Bonchev–Trinajstić information content (AvgIpc) is 3.81. The van der Waals surface area contributed by atoms with Crippen molar-refractivity contribution in [2.45, 2.75) is 0 Å². The van der Waals surface area contributed by atoms with Gasteiger partial charge in [0.1, 0.15) is 16.7 Å². The number of hydrogen-bond donors (Lipinski definition) is 0. The van der Waals surface area contributed by atoms with Crippen LogP contribution in [-0.2, 0) is 0 Å². The smallest absolute Gasteiger partial charge is 0.153 e. The van der Waals surface area contributed by atoms with Crippen LogP contribution in [-0.4, -0.2) is 0 Å². The SMILES string of the molecule is c1ccc(-c2ccc(N(c3cccc4oc5ccccc5c34)c3cc4c5ccccc5oc4c4sc5ccccc5c34)cc2)cc1. The zero-order valence-electron chi connectivity index (χ0n) is 24.6. The third-order valence-corrected chi connectivity index (χ3v) is 10.2. The summed E-state index contributed by atoms with van der Waals surface area (Å²) in [4.78, 5) is 2.42. The average molecular weight is 608 g/mol. The normalized spacial score (nSPS) is 11.9. The fraction of sp³-hybridized carbons (Fsp3) is 0. The molecule has 3 nitrogen and oxygen atoms in total. The van der Waals surface area contributed by atoms with E-state index in [0.717, 1.165) is 65.6 Å². The second kappa shape index (κ2) is 9.83. The molecule has 46 heavy (non-hydrogen) atoms. The molecule has 0 radical (unpaired) electrons. The Labute approximate surface area is 268 Å². The summed E-state index contributed by atoms with van der Waals surface area (Å²) < 4.78 is 15.4. The maximum atomic E-state index is 6.60. The van der Waals surface area contributed by atoms with Crippen molar-refractivity contribution in [2.75, 3.05) is 4.90 Å². The van der Waals surface area contributed by atoms with Crippen LogP contribution in [0.3, 0.4) is 0 Å². The molecule has 0 spiro atoms. The van der Waals surface area contributed by atoms with Gasteiger partial charge in [-0.1, -0.05) is 103 Å². The second-order valence-corrected chi connectivity index (χ2v) is 12.7. The van der Waals surface area contributed by atoms with Gasteiger partial charge in [0.05, 0.1) is 21.5 Å². The van der Waals surface area contributed by atoms with Crippen LogP contribution in [0.25, 0.3) is 75.2 Å². The number of para-hydroxylation sites is 2. The van der Waals surface area contributed by atoms with Crippen LogP contribution in [0, 0.1) is 0 Å². The van der Waals surface area contributed by atoms with E-state index in [9.17, 15) is 0 Å². The number of hydrogen-bond acceptors (Lipinski definition) is 4. The third-order valence-electron chi connectivity index (χ3n) is 9.07. The molecule has 0 aliphatic carbocycles. The van der Waals surface area contributed by atoms with Gasteiger partial charge in [-0.05, 0) is 59.7 Å². The number of rotatable bonds is 4. The zero-order chi connectivity index (χ0) is 30.2. The standard InChI is InChI=1S/C42H25NO2S/c1-2-11-26(12-3-1)27-21-23-28(24-22-27)43(33-16-10-19-37-39(33)30-14-5-8-18-36(30)44-37)34-25-32-29-13-4-7-17-35(29)45-41(32)42-40(34)31-15-6-9-20-38(31)46-42/h1-25H. The number of furan rings is 2. The monoisotopic (exact) mass is 607 g/mol. The van der Waals surface area contributed by atoms with Gasteiger partial charge in [-0.15, -0.1) is 11.3 Å². The van der Waals surface area contributed by atoms with E-state index in [4.69, 9.17) is 8.83 Å². The zero-order valence-corrected chi connectivity index (χ0v) is 25.4. The Morgan fingerprint density at radius 2 is 1.09 bits per heavy atom. The molecule has 10 aromatic rings. The molecule has 0 bridgehead atoms. The minimum absolute atomic E-state index is 0.867. The number of fused-ring (bicyclic) bond motifs is 10. The molecule has 216 valence electrons. The van der Waals surface area contributed by atoms with Crippen molar-refractivity contribution >= 4 is 92.4 Å². The predicted octanol–water partition coefficient (Wildman–Crippen LogP) is 13.0. The second-order valence-electron chi connectivity index (χ2n) is 11.7. The molecule has 0 saturated carbocycles. The Morgan fingerprint density at radius 1 is 0.435 bits per heavy atom. The van der Waals surface area contributed by atoms with Crippen molar-refractivity contribution in [3.8, 4) is 11.1 Å². The molecule has 0 N–H and O–H groups in total. The van der Waals surface area contributed by atoms with E-state index < -0.39 is 0 Å². The van der Waals surface area contributed by atoms with Crippen LogP contribution < -0.4 is 4.90 Å². The first-order valence-corrected chi connectivity index (χ1v) is 16.2. The quantitative estimate of drug-likeness (QED) is 0.199. The van der Waals surface area contributed by atoms with Gasteiger partial charge in [-0.2, -0.15) is 0 Å². The number of thiophene rings is 1. The summed E-state index contributed by atoms with van der Waals surface area (Å²) >= 11 is 1.80. The predicted molar refractivity (Wildman–Crippen MR) is 194 cm³/mol. The van der Waals surface area contributed by atoms with E-state index in [2.05, 4.69) is 138 Å². The summed E-state index contributed by atoms with van der Waals surface area (Å²) in [7, 11) is 0. The highest BCUT2D eigenvalue weighted by Gasteiger charge is 2.25. The molecule has 0 amide bonds. The molecule has 0 unspecified atom stereocenters. The molecule has 0 fully saturated rings. The lowest BCUT2D eigenvalue weighted by molar-refractivity contribution is 0.669. The van der Waals surface area contributed by atoms with Gasteiger partial charge in [0, 0.05) is 37.3 Å². The summed E-state index contributed by atoms with van der Waals surface area (Å²) in [5.74, 6) is 0.